The lowest BCUT2D eigenvalue weighted by molar-refractivity contribution is 0.0981. The maximum atomic E-state index is 12.1. The van der Waals surface area contributed by atoms with Crippen molar-refractivity contribution in [3.8, 4) is 0 Å². The normalized spacial score (nSPS) is 18.6. The second kappa shape index (κ2) is 4.84. The predicted octanol–water partition coefficient (Wildman–Crippen LogP) is 3.76. The number of rotatable bonds is 3. The van der Waals surface area contributed by atoms with Gasteiger partial charge in [-0.15, -0.1) is 23.5 Å². The van der Waals surface area contributed by atoms with Gasteiger partial charge < -0.3 is 0 Å². The van der Waals surface area contributed by atoms with Gasteiger partial charge in [0.1, 0.15) is 0 Å². The largest absolute Gasteiger partial charge is 0.294 e. The van der Waals surface area contributed by atoms with Gasteiger partial charge in [-0.1, -0.05) is 23.8 Å². The molecule has 0 spiro atoms. The summed E-state index contributed by atoms with van der Waals surface area (Å²) < 4.78 is 0.0980. The lowest BCUT2D eigenvalue weighted by Gasteiger charge is -2.20. The summed E-state index contributed by atoms with van der Waals surface area (Å²) in [6.07, 6.45) is 0.645. The summed E-state index contributed by atoms with van der Waals surface area (Å²) in [5.74, 6) is 2.61. The molecule has 1 aromatic rings. The summed E-state index contributed by atoms with van der Waals surface area (Å²) in [6, 6.07) is 7.89. The molecule has 0 N–H and O–H groups in total. The Bertz CT molecular complexity index is 395. The van der Waals surface area contributed by atoms with Crippen LogP contribution < -0.4 is 0 Å². The van der Waals surface area contributed by atoms with E-state index in [9.17, 15) is 4.79 Å². The van der Waals surface area contributed by atoms with Gasteiger partial charge in [-0.2, -0.15) is 0 Å². The molecule has 0 aliphatic carbocycles. The van der Waals surface area contributed by atoms with Crippen molar-refractivity contribution in [2.45, 2.75) is 24.3 Å². The summed E-state index contributed by atoms with van der Waals surface area (Å²) in [4.78, 5) is 12.1. The van der Waals surface area contributed by atoms with Crippen molar-refractivity contribution in [2.75, 3.05) is 11.5 Å². The molecule has 1 aliphatic heterocycles. The molecule has 0 aromatic heterocycles. The van der Waals surface area contributed by atoms with E-state index in [2.05, 4.69) is 6.92 Å². The fourth-order valence-electron chi connectivity index (χ4n) is 1.87. The molecule has 1 heterocycles. The van der Waals surface area contributed by atoms with E-state index >= 15 is 0 Å². The van der Waals surface area contributed by atoms with E-state index in [0.29, 0.717) is 6.42 Å². The number of hydrogen-bond donors (Lipinski definition) is 0. The van der Waals surface area contributed by atoms with Crippen molar-refractivity contribution < 1.29 is 4.79 Å². The molecule has 86 valence electrons. The molecule has 0 saturated carbocycles. The van der Waals surface area contributed by atoms with Crippen LogP contribution in [0.15, 0.2) is 24.3 Å². The summed E-state index contributed by atoms with van der Waals surface area (Å²) in [5.41, 5.74) is 2.01. The Morgan fingerprint density at radius 1 is 1.38 bits per heavy atom. The van der Waals surface area contributed by atoms with Crippen molar-refractivity contribution in [3.63, 3.8) is 0 Å². The van der Waals surface area contributed by atoms with Gasteiger partial charge in [-0.25, -0.2) is 0 Å². The molecular weight excluding hydrogens is 236 g/mol. The van der Waals surface area contributed by atoms with Crippen LogP contribution in [0.4, 0.5) is 0 Å². The molecule has 0 bridgehead atoms. The maximum Gasteiger partial charge on any atom is 0.165 e. The number of aryl methyl sites for hydroxylation is 1. The summed E-state index contributed by atoms with van der Waals surface area (Å²) >= 11 is 3.83. The zero-order chi connectivity index (χ0) is 11.6. The average molecular weight is 252 g/mol. The van der Waals surface area contributed by atoms with Gasteiger partial charge in [-0.05, 0) is 19.9 Å². The topological polar surface area (TPSA) is 17.1 Å². The molecule has 16 heavy (non-hydrogen) atoms. The van der Waals surface area contributed by atoms with Crippen LogP contribution in [-0.4, -0.2) is 21.4 Å². The lowest BCUT2D eigenvalue weighted by atomic mass is 10.0. The second-order valence-corrected chi connectivity index (χ2v) is 7.75. The quantitative estimate of drug-likeness (QED) is 0.762. The molecule has 0 radical (unpaired) electrons. The number of hydrogen-bond acceptors (Lipinski definition) is 3. The monoisotopic (exact) mass is 252 g/mol. The van der Waals surface area contributed by atoms with Gasteiger partial charge >= 0.3 is 0 Å². The van der Waals surface area contributed by atoms with E-state index < -0.39 is 0 Å². The van der Waals surface area contributed by atoms with Crippen LogP contribution in [-0.2, 0) is 0 Å². The van der Waals surface area contributed by atoms with E-state index in [1.54, 1.807) is 0 Å². The zero-order valence-electron chi connectivity index (χ0n) is 9.66. The minimum Gasteiger partial charge on any atom is -0.294 e. The van der Waals surface area contributed by atoms with Gasteiger partial charge in [0.2, 0.25) is 0 Å². The van der Waals surface area contributed by atoms with E-state index in [1.807, 2.05) is 54.7 Å². The van der Waals surface area contributed by atoms with Crippen LogP contribution in [0.3, 0.4) is 0 Å². The highest BCUT2D eigenvalue weighted by molar-refractivity contribution is 8.21. The molecule has 1 aromatic carbocycles. The molecule has 1 saturated heterocycles. The van der Waals surface area contributed by atoms with Gasteiger partial charge in [0.25, 0.3) is 0 Å². The average Bonchev–Trinajstić information content (AvgIpc) is 2.65. The standard InChI is InChI=1S/C13H16OS2/c1-10-4-3-5-11(8-10)12(14)9-13(2)15-6-7-16-13/h3-5,8H,6-7,9H2,1-2H3. The van der Waals surface area contributed by atoms with E-state index in [4.69, 9.17) is 0 Å². The fourth-order valence-corrected chi connectivity index (χ4v) is 4.70. The minimum absolute atomic E-state index is 0.0980. The van der Waals surface area contributed by atoms with Crippen LogP contribution in [0, 0.1) is 6.92 Å². The second-order valence-electron chi connectivity index (χ2n) is 4.30. The van der Waals surface area contributed by atoms with Gasteiger partial charge in [0.15, 0.2) is 5.78 Å². The molecule has 0 amide bonds. The Morgan fingerprint density at radius 2 is 2.06 bits per heavy atom. The molecular formula is C13H16OS2. The third-order valence-electron chi connectivity index (χ3n) is 2.72. The van der Waals surface area contributed by atoms with Crippen molar-refractivity contribution in [1.82, 2.24) is 0 Å². The Kier molecular flexibility index (Phi) is 3.65. The Hall–Kier alpha value is -0.410. The maximum absolute atomic E-state index is 12.1. The van der Waals surface area contributed by atoms with Crippen LogP contribution in [0.1, 0.15) is 29.3 Å². The number of benzene rings is 1. The van der Waals surface area contributed by atoms with Crippen molar-refractivity contribution in [3.05, 3.63) is 35.4 Å². The highest BCUT2D eigenvalue weighted by Gasteiger charge is 2.32. The third kappa shape index (κ3) is 2.83. The van der Waals surface area contributed by atoms with E-state index in [1.165, 1.54) is 11.5 Å². The van der Waals surface area contributed by atoms with Crippen molar-refractivity contribution >= 4 is 29.3 Å². The Morgan fingerprint density at radius 3 is 2.69 bits per heavy atom. The number of carbonyl (C=O) groups excluding carboxylic acids is 1. The lowest BCUT2D eigenvalue weighted by Crippen LogP contribution is -2.17. The van der Waals surface area contributed by atoms with E-state index in [-0.39, 0.29) is 9.86 Å². The van der Waals surface area contributed by atoms with Gasteiger partial charge in [0, 0.05) is 23.5 Å². The van der Waals surface area contributed by atoms with Crippen LogP contribution in [0.2, 0.25) is 0 Å². The highest BCUT2D eigenvalue weighted by Crippen LogP contribution is 2.46. The molecule has 1 fully saturated rings. The first-order valence-corrected chi connectivity index (χ1v) is 7.44. The predicted molar refractivity (Wildman–Crippen MR) is 73.4 cm³/mol. The van der Waals surface area contributed by atoms with Gasteiger partial charge in [0.05, 0.1) is 4.08 Å². The fraction of sp³-hybridized carbons (Fsp3) is 0.462. The van der Waals surface area contributed by atoms with E-state index in [0.717, 1.165) is 11.1 Å². The molecule has 0 atom stereocenters. The van der Waals surface area contributed by atoms with Crippen LogP contribution in [0.5, 0.6) is 0 Å². The third-order valence-corrected chi connectivity index (χ3v) is 6.01. The van der Waals surface area contributed by atoms with Crippen LogP contribution >= 0.6 is 23.5 Å². The number of carbonyl (C=O) groups is 1. The molecule has 0 unspecified atom stereocenters. The van der Waals surface area contributed by atoms with Crippen LogP contribution in [0.25, 0.3) is 0 Å². The molecule has 2 rings (SSSR count). The Labute approximate surface area is 105 Å². The number of Topliss-reactive ketones (excluding diaryl/α,β-unsaturated/α-hetero) is 1. The smallest absolute Gasteiger partial charge is 0.165 e. The molecule has 3 heteroatoms. The highest BCUT2D eigenvalue weighted by atomic mass is 32.2. The van der Waals surface area contributed by atoms with Crippen molar-refractivity contribution in [2.24, 2.45) is 0 Å². The Balaban J connectivity index is 2.08. The first-order valence-electron chi connectivity index (χ1n) is 5.47. The minimum atomic E-state index is 0.0980. The zero-order valence-corrected chi connectivity index (χ0v) is 11.3. The summed E-state index contributed by atoms with van der Waals surface area (Å²) in [7, 11) is 0. The summed E-state index contributed by atoms with van der Waals surface area (Å²) in [5, 5.41) is 0. The first kappa shape index (κ1) is 12.1. The first-order chi connectivity index (χ1) is 7.59. The van der Waals surface area contributed by atoms with Crippen molar-refractivity contribution in [1.29, 1.82) is 0 Å². The molecule has 1 nitrogen and oxygen atoms in total. The summed E-state index contributed by atoms with van der Waals surface area (Å²) in [6.45, 7) is 4.21. The van der Waals surface area contributed by atoms with Gasteiger partial charge in [-0.3, -0.25) is 4.79 Å². The number of ketones is 1. The number of thioether (sulfide) groups is 2. The molecule has 1 aliphatic rings. The SMILES string of the molecule is Cc1cccc(C(=O)CC2(C)SCCS2)c1.